The van der Waals surface area contributed by atoms with Gasteiger partial charge in [0.05, 0.1) is 21.8 Å². The first-order valence-corrected chi connectivity index (χ1v) is 12.3. The summed E-state index contributed by atoms with van der Waals surface area (Å²) in [4.78, 5) is 18.6. The van der Waals surface area contributed by atoms with Crippen LogP contribution < -0.4 is 0 Å². The van der Waals surface area contributed by atoms with E-state index in [1.165, 1.54) is 19.5 Å². The summed E-state index contributed by atoms with van der Waals surface area (Å²) >= 11 is 3.45. The standard InChI is InChI=1S/C23H28N2O2S2/c1-15-12-24(13-16(2)27-15)14-17-7-9-25(10-8-17)23(26)21-11-20-22(29-21)18-5-3-4-6-19(18)28-20/h3-6,11,15-17H,7-10,12-14H2,1-2H3. The van der Waals surface area contributed by atoms with Gasteiger partial charge < -0.3 is 9.64 Å². The highest BCUT2D eigenvalue weighted by Crippen LogP contribution is 2.39. The fraction of sp³-hybridized carbons (Fsp3) is 0.522. The molecule has 2 aliphatic heterocycles. The van der Waals surface area contributed by atoms with Gasteiger partial charge in [0.15, 0.2) is 0 Å². The molecule has 0 spiro atoms. The molecular weight excluding hydrogens is 400 g/mol. The summed E-state index contributed by atoms with van der Waals surface area (Å²) in [5.41, 5.74) is 0. The number of hydrogen-bond donors (Lipinski definition) is 0. The number of carbonyl (C=O) groups is 1. The molecule has 1 aromatic carbocycles. The molecule has 6 heteroatoms. The van der Waals surface area contributed by atoms with Crippen molar-refractivity contribution in [2.75, 3.05) is 32.7 Å². The Morgan fingerprint density at radius 1 is 1.07 bits per heavy atom. The van der Waals surface area contributed by atoms with Crippen molar-refractivity contribution in [1.29, 1.82) is 0 Å². The lowest BCUT2D eigenvalue weighted by atomic mass is 9.95. The fourth-order valence-corrected chi connectivity index (χ4v) is 7.37. The summed E-state index contributed by atoms with van der Waals surface area (Å²) in [7, 11) is 0. The zero-order chi connectivity index (χ0) is 20.0. The van der Waals surface area contributed by atoms with Crippen molar-refractivity contribution in [3.63, 3.8) is 0 Å². The summed E-state index contributed by atoms with van der Waals surface area (Å²) in [6.07, 6.45) is 2.86. The summed E-state index contributed by atoms with van der Waals surface area (Å²) in [5, 5.41) is 1.28. The molecule has 4 heterocycles. The second-order valence-corrected chi connectivity index (χ2v) is 10.7. The van der Waals surface area contributed by atoms with Crippen LogP contribution in [0.25, 0.3) is 19.5 Å². The second kappa shape index (κ2) is 7.99. The smallest absolute Gasteiger partial charge is 0.263 e. The third-order valence-corrected chi connectivity index (χ3v) is 8.58. The van der Waals surface area contributed by atoms with E-state index in [-0.39, 0.29) is 5.91 Å². The summed E-state index contributed by atoms with van der Waals surface area (Å²) in [5.74, 6) is 0.905. The maximum absolute atomic E-state index is 13.1. The third-order valence-electron chi connectivity index (χ3n) is 6.17. The minimum absolute atomic E-state index is 0.217. The van der Waals surface area contributed by atoms with Gasteiger partial charge in [0.25, 0.3) is 5.91 Å². The highest BCUT2D eigenvalue weighted by molar-refractivity contribution is 7.33. The number of hydrogen-bond acceptors (Lipinski definition) is 5. The summed E-state index contributed by atoms with van der Waals surface area (Å²) in [6, 6.07) is 10.6. The molecule has 2 aliphatic rings. The summed E-state index contributed by atoms with van der Waals surface area (Å²) < 4.78 is 9.67. The van der Waals surface area contributed by atoms with Crippen LogP contribution in [0.4, 0.5) is 0 Å². The van der Waals surface area contributed by atoms with Gasteiger partial charge in [0.1, 0.15) is 0 Å². The first kappa shape index (κ1) is 19.5. The van der Waals surface area contributed by atoms with Crippen molar-refractivity contribution in [2.24, 2.45) is 5.92 Å². The van der Waals surface area contributed by atoms with Crippen molar-refractivity contribution < 1.29 is 9.53 Å². The number of piperidine rings is 1. The molecule has 154 valence electrons. The molecule has 2 atom stereocenters. The molecule has 0 aliphatic carbocycles. The highest BCUT2D eigenvalue weighted by atomic mass is 32.1. The quantitative estimate of drug-likeness (QED) is 0.583. The van der Waals surface area contributed by atoms with Gasteiger partial charge in [0.2, 0.25) is 0 Å². The predicted molar refractivity (Wildman–Crippen MR) is 122 cm³/mol. The number of ether oxygens (including phenoxy) is 1. The lowest BCUT2D eigenvalue weighted by Gasteiger charge is -2.39. The van der Waals surface area contributed by atoms with Crippen molar-refractivity contribution >= 4 is 48.1 Å². The minimum atomic E-state index is 0.217. The zero-order valence-corrected chi connectivity index (χ0v) is 18.7. The number of nitrogens with zero attached hydrogens (tertiary/aromatic N) is 2. The normalized spacial score (nSPS) is 24.6. The molecule has 29 heavy (non-hydrogen) atoms. The topological polar surface area (TPSA) is 32.8 Å². The van der Waals surface area contributed by atoms with Gasteiger partial charge in [-0.3, -0.25) is 9.69 Å². The van der Waals surface area contributed by atoms with E-state index < -0.39 is 0 Å². The Morgan fingerprint density at radius 3 is 2.55 bits per heavy atom. The van der Waals surface area contributed by atoms with E-state index >= 15 is 0 Å². The summed E-state index contributed by atoms with van der Waals surface area (Å²) in [6.45, 7) is 9.29. The molecule has 0 radical (unpaired) electrons. The van der Waals surface area contributed by atoms with Gasteiger partial charge in [-0.15, -0.1) is 22.7 Å². The number of thiophene rings is 2. The van der Waals surface area contributed by atoms with Crippen molar-refractivity contribution in [3.8, 4) is 0 Å². The number of carbonyl (C=O) groups excluding carboxylic acids is 1. The molecule has 0 N–H and O–H groups in total. The molecule has 5 rings (SSSR count). The highest BCUT2D eigenvalue weighted by Gasteiger charge is 2.29. The lowest BCUT2D eigenvalue weighted by molar-refractivity contribution is -0.0728. The van der Waals surface area contributed by atoms with Crippen LogP contribution in [0.3, 0.4) is 0 Å². The SMILES string of the molecule is CC1CN(CC2CCN(C(=O)c3cc4sc5ccccc5c4s3)CC2)CC(C)O1. The van der Waals surface area contributed by atoms with Crippen molar-refractivity contribution in [3.05, 3.63) is 35.2 Å². The maximum Gasteiger partial charge on any atom is 0.263 e. The van der Waals surface area contributed by atoms with E-state index in [0.29, 0.717) is 18.1 Å². The van der Waals surface area contributed by atoms with Gasteiger partial charge in [-0.25, -0.2) is 0 Å². The van der Waals surface area contributed by atoms with E-state index in [9.17, 15) is 4.79 Å². The van der Waals surface area contributed by atoms with E-state index in [1.807, 2.05) is 0 Å². The molecule has 0 saturated carbocycles. The Balaban J connectivity index is 1.21. The number of likely N-dealkylation sites (tertiary alicyclic amines) is 1. The molecule has 2 fully saturated rings. The van der Waals surface area contributed by atoms with Crippen molar-refractivity contribution in [1.82, 2.24) is 9.80 Å². The Bertz CT molecular complexity index is 1010. The van der Waals surface area contributed by atoms with Crippen LogP contribution in [0.5, 0.6) is 0 Å². The van der Waals surface area contributed by atoms with Gasteiger partial charge in [-0.05, 0) is 44.7 Å². The Morgan fingerprint density at radius 2 is 1.79 bits per heavy atom. The molecule has 2 saturated heterocycles. The largest absolute Gasteiger partial charge is 0.373 e. The average Bonchev–Trinajstić information content (AvgIpc) is 3.25. The van der Waals surface area contributed by atoms with Crippen molar-refractivity contribution in [2.45, 2.75) is 38.9 Å². The van der Waals surface area contributed by atoms with E-state index in [4.69, 9.17) is 4.74 Å². The van der Waals surface area contributed by atoms with Crippen LogP contribution in [0.1, 0.15) is 36.4 Å². The van der Waals surface area contributed by atoms with Crippen LogP contribution in [0.15, 0.2) is 30.3 Å². The van der Waals surface area contributed by atoms with Gasteiger partial charge in [-0.2, -0.15) is 0 Å². The van der Waals surface area contributed by atoms with Crippen LogP contribution in [0.2, 0.25) is 0 Å². The second-order valence-electron chi connectivity index (χ2n) is 8.61. The molecule has 1 amide bonds. The average molecular weight is 429 g/mol. The fourth-order valence-electron chi connectivity index (χ4n) is 4.88. The van der Waals surface area contributed by atoms with E-state index in [0.717, 1.165) is 50.4 Å². The van der Waals surface area contributed by atoms with Gasteiger partial charge in [-0.1, -0.05) is 18.2 Å². The van der Waals surface area contributed by atoms with Crippen LogP contribution in [-0.2, 0) is 4.74 Å². The third kappa shape index (κ3) is 3.96. The molecular formula is C23H28N2O2S2. The minimum Gasteiger partial charge on any atom is -0.373 e. The monoisotopic (exact) mass is 428 g/mol. The van der Waals surface area contributed by atoms with Crippen LogP contribution >= 0.6 is 22.7 Å². The van der Waals surface area contributed by atoms with Crippen LogP contribution in [-0.4, -0.2) is 60.6 Å². The van der Waals surface area contributed by atoms with E-state index in [2.05, 4.69) is 54.0 Å². The Labute approximate surface area is 180 Å². The number of amides is 1. The Kier molecular flexibility index (Phi) is 5.37. The van der Waals surface area contributed by atoms with Gasteiger partial charge in [0, 0.05) is 47.5 Å². The lowest BCUT2D eigenvalue weighted by Crippen LogP contribution is -2.48. The number of fused-ring (bicyclic) bond motifs is 3. The molecule has 0 bridgehead atoms. The molecule has 4 nitrogen and oxygen atoms in total. The first-order valence-electron chi connectivity index (χ1n) is 10.6. The maximum atomic E-state index is 13.1. The molecule has 2 aromatic heterocycles. The van der Waals surface area contributed by atoms with Gasteiger partial charge >= 0.3 is 0 Å². The van der Waals surface area contributed by atoms with Crippen LogP contribution in [0, 0.1) is 5.92 Å². The number of morpholine rings is 1. The number of benzene rings is 1. The van der Waals surface area contributed by atoms with E-state index in [1.54, 1.807) is 22.7 Å². The Hall–Kier alpha value is -1.47. The zero-order valence-electron chi connectivity index (χ0n) is 17.1. The predicted octanol–water partition coefficient (Wildman–Crippen LogP) is 5.08. The number of rotatable bonds is 3. The molecule has 3 aromatic rings. The molecule has 2 unspecified atom stereocenters. The first-order chi connectivity index (χ1) is 14.1.